The Morgan fingerprint density at radius 2 is 2.14 bits per heavy atom. The summed E-state index contributed by atoms with van der Waals surface area (Å²) < 4.78 is 0. The van der Waals surface area contributed by atoms with Gasteiger partial charge in [-0.25, -0.2) is 0 Å². The van der Waals surface area contributed by atoms with Crippen LogP contribution in [0.25, 0.3) is 11.3 Å². The van der Waals surface area contributed by atoms with Gasteiger partial charge in [-0.3, -0.25) is 10.1 Å². The normalized spacial score (nSPS) is 22.9. The fourth-order valence-electron chi connectivity index (χ4n) is 2.97. The topological polar surface area (TPSA) is 73.8 Å². The van der Waals surface area contributed by atoms with Crippen LogP contribution in [0.5, 0.6) is 0 Å². The molecule has 0 aliphatic heterocycles. The van der Waals surface area contributed by atoms with Crippen molar-refractivity contribution < 1.29 is 5.11 Å². The number of nitrogens with zero attached hydrogens (tertiary/aromatic N) is 2. The van der Waals surface area contributed by atoms with Gasteiger partial charge in [-0.05, 0) is 25.0 Å². The van der Waals surface area contributed by atoms with E-state index in [1.54, 1.807) is 6.20 Å². The molecule has 5 heteroatoms. The van der Waals surface area contributed by atoms with Crippen molar-refractivity contribution in [1.29, 1.82) is 0 Å². The van der Waals surface area contributed by atoms with Gasteiger partial charge in [0.1, 0.15) is 0 Å². The van der Waals surface area contributed by atoms with E-state index in [1.807, 2.05) is 24.5 Å². The Balaban J connectivity index is 1.67. The lowest BCUT2D eigenvalue weighted by Gasteiger charge is -2.21. The van der Waals surface area contributed by atoms with Crippen molar-refractivity contribution in [3.8, 4) is 11.3 Å². The number of aliphatic hydroxyl groups is 1. The molecule has 0 radical (unpaired) electrons. The molecule has 2 heterocycles. The molecule has 0 aromatic carbocycles. The van der Waals surface area contributed by atoms with Crippen molar-refractivity contribution >= 4 is 0 Å². The lowest BCUT2D eigenvalue weighted by Crippen LogP contribution is -2.38. The Bertz CT molecular complexity index is 554. The van der Waals surface area contributed by atoms with Crippen LogP contribution in [0, 0.1) is 0 Å². The highest BCUT2D eigenvalue weighted by Gasteiger charge is 2.21. The molecular formula is C16H22N4O. The standard InChI is InChI=1S/C16H22N4O/c21-15-7-3-1-2-6-14(15)18-10-13-11-19-20-16(13)12-5-4-8-17-9-12/h4-5,8-9,11,14-15,18,21H,1-3,6-7,10H2,(H,19,20). The third kappa shape index (κ3) is 3.49. The van der Waals surface area contributed by atoms with Gasteiger partial charge < -0.3 is 10.4 Å². The number of aliphatic hydroxyl groups excluding tert-OH is 1. The van der Waals surface area contributed by atoms with Gasteiger partial charge in [-0.1, -0.05) is 19.3 Å². The smallest absolute Gasteiger partial charge is 0.0710 e. The van der Waals surface area contributed by atoms with Gasteiger partial charge in [0.2, 0.25) is 0 Å². The van der Waals surface area contributed by atoms with E-state index in [1.165, 1.54) is 12.8 Å². The monoisotopic (exact) mass is 286 g/mol. The summed E-state index contributed by atoms with van der Waals surface area (Å²) in [6, 6.07) is 4.12. The summed E-state index contributed by atoms with van der Waals surface area (Å²) >= 11 is 0. The van der Waals surface area contributed by atoms with Crippen LogP contribution in [0.2, 0.25) is 0 Å². The predicted molar refractivity (Wildman–Crippen MR) is 81.5 cm³/mol. The summed E-state index contributed by atoms with van der Waals surface area (Å²) in [7, 11) is 0. The fourth-order valence-corrected chi connectivity index (χ4v) is 2.97. The van der Waals surface area contributed by atoms with E-state index in [2.05, 4.69) is 20.5 Å². The quantitative estimate of drug-likeness (QED) is 0.754. The first-order valence-electron chi connectivity index (χ1n) is 7.68. The first-order chi connectivity index (χ1) is 10.3. The van der Waals surface area contributed by atoms with Gasteiger partial charge in [0.25, 0.3) is 0 Å². The number of aromatic amines is 1. The van der Waals surface area contributed by atoms with Gasteiger partial charge in [-0.2, -0.15) is 5.10 Å². The van der Waals surface area contributed by atoms with E-state index in [0.717, 1.165) is 36.1 Å². The number of hydrogen-bond donors (Lipinski definition) is 3. The molecule has 1 saturated carbocycles. The summed E-state index contributed by atoms with van der Waals surface area (Å²) in [6.45, 7) is 0.711. The number of hydrogen-bond acceptors (Lipinski definition) is 4. The minimum absolute atomic E-state index is 0.184. The van der Waals surface area contributed by atoms with E-state index < -0.39 is 0 Å². The molecule has 0 spiro atoms. The SMILES string of the molecule is OC1CCCCCC1NCc1cn[nH]c1-c1cccnc1. The Morgan fingerprint density at radius 3 is 3.00 bits per heavy atom. The van der Waals surface area contributed by atoms with Crippen LogP contribution in [0.1, 0.15) is 37.7 Å². The molecule has 21 heavy (non-hydrogen) atoms. The molecule has 3 rings (SSSR count). The summed E-state index contributed by atoms with van der Waals surface area (Å²) in [6.07, 6.45) is 10.7. The van der Waals surface area contributed by atoms with Crippen molar-refractivity contribution in [2.24, 2.45) is 0 Å². The highest BCUT2D eigenvalue weighted by molar-refractivity contribution is 5.61. The number of nitrogens with one attached hydrogen (secondary N) is 2. The minimum atomic E-state index is -0.235. The van der Waals surface area contributed by atoms with Crippen LogP contribution >= 0.6 is 0 Å². The predicted octanol–water partition coefficient (Wildman–Crippen LogP) is 2.25. The molecule has 3 N–H and O–H groups in total. The zero-order chi connectivity index (χ0) is 14.5. The second kappa shape index (κ2) is 6.83. The first kappa shape index (κ1) is 14.2. The number of H-pyrrole nitrogens is 1. The van der Waals surface area contributed by atoms with Crippen molar-refractivity contribution in [2.45, 2.75) is 50.8 Å². The molecule has 0 amide bonds. The maximum Gasteiger partial charge on any atom is 0.0710 e. The van der Waals surface area contributed by atoms with Crippen molar-refractivity contribution in [3.05, 3.63) is 36.3 Å². The molecule has 1 aliphatic carbocycles. The Hall–Kier alpha value is -1.72. The molecule has 1 aliphatic rings. The molecule has 1 fully saturated rings. The average molecular weight is 286 g/mol. The molecule has 2 aromatic heterocycles. The van der Waals surface area contributed by atoms with E-state index in [4.69, 9.17) is 0 Å². The van der Waals surface area contributed by atoms with E-state index in [9.17, 15) is 5.11 Å². The Labute approximate surface area is 124 Å². The van der Waals surface area contributed by atoms with E-state index >= 15 is 0 Å². The Kier molecular flexibility index (Phi) is 4.62. The van der Waals surface area contributed by atoms with Crippen LogP contribution in [-0.2, 0) is 6.54 Å². The zero-order valence-corrected chi connectivity index (χ0v) is 12.1. The van der Waals surface area contributed by atoms with Crippen LogP contribution in [0.15, 0.2) is 30.7 Å². The summed E-state index contributed by atoms with van der Waals surface area (Å²) in [5, 5.41) is 20.8. The van der Waals surface area contributed by atoms with Gasteiger partial charge in [0, 0.05) is 36.1 Å². The van der Waals surface area contributed by atoms with Crippen LogP contribution in [-0.4, -0.2) is 32.4 Å². The van der Waals surface area contributed by atoms with E-state index in [-0.39, 0.29) is 12.1 Å². The van der Waals surface area contributed by atoms with Gasteiger partial charge in [0.15, 0.2) is 0 Å². The third-order valence-electron chi connectivity index (χ3n) is 4.20. The van der Waals surface area contributed by atoms with Crippen LogP contribution < -0.4 is 5.32 Å². The third-order valence-corrected chi connectivity index (χ3v) is 4.20. The summed E-state index contributed by atoms with van der Waals surface area (Å²) in [5.74, 6) is 0. The highest BCUT2D eigenvalue weighted by Crippen LogP contribution is 2.22. The fraction of sp³-hybridized carbons (Fsp3) is 0.500. The summed E-state index contributed by atoms with van der Waals surface area (Å²) in [4.78, 5) is 4.15. The molecule has 5 nitrogen and oxygen atoms in total. The molecule has 2 atom stereocenters. The number of pyridine rings is 1. The van der Waals surface area contributed by atoms with Crippen LogP contribution in [0.3, 0.4) is 0 Å². The molecular weight excluding hydrogens is 264 g/mol. The lowest BCUT2D eigenvalue weighted by atomic mass is 10.1. The number of aromatic nitrogens is 3. The van der Waals surface area contributed by atoms with Gasteiger partial charge in [-0.15, -0.1) is 0 Å². The largest absolute Gasteiger partial charge is 0.392 e. The van der Waals surface area contributed by atoms with E-state index in [0.29, 0.717) is 6.54 Å². The average Bonchev–Trinajstić information content (AvgIpc) is 2.89. The maximum absolute atomic E-state index is 10.2. The highest BCUT2D eigenvalue weighted by atomic mass is 16.3. The van der Waals surface area contributed by atoms with Crippen molar-refractivity contribution in [2.75, 3.05) is 0 Å². The molecule has 112 valence electrons. The molecule has 2 aromatic rings. The van der Waals surface area contributed by atoms with Gasteiger partial charge in [0.05, 0.1) is 18.0 Å². The first-order valence-corrected chi connectivity index (χ1v) is 7.68. The molecule has 0 bridgehead atoms. The number of rotatable bonds is 4. The zero-order valence-electron chi connectivity index (χ0n) is 12.1. The second-order valence-electron chi connectivity index (χ2n) is 5.70. The van der Waals surface area contributed by atoms with Crippen LogP contribution in [0.4, 0.5) is 0 Å². The molecule has 0 saturated heterocycles. The second-order valence-corrected chi connectivity index (χ2v) is 5.70. The minimum Gasteiger partial charge on any atom is -0.392 e. The van der Waals surface area contributed by atoms with Gasteiger partial charge >= 0.3 is 0 Å². The van der Waals surface area contributed by atoms with Crippen molar-refractivity contribution in [1.82, 2.24) is 20.5 Å². The lowest BCUT2D eigenvalue weighted by molar-refractivity contribution is 0.119. The summed E-state index contributed by atoms with van der Waals surface area (Å²) in [5.41, 5.74) is 3.14. The maximum atomic E-state index is 10.2. The Morgan fingerprint density at radius 1 is 1.24 bits per heavy atom. The van der Waals surface area contributed by atoms with Crippen molar-refractivity contribution in [3.63, 3.8) is 0 Å². The molecule has 2 unspecified atom stereocenters.